The lowest BCUT2D eigenvalue weighted by atomic mass is 9.94. The topological polar surface area (TPSA) is 95.9 Å². The highest BCUT2D eigenvalue weighted by Gasteiger charge is 2.36. The lowest BCUT2D eigenvalue weighted by Crippen LogP contribution is -2.48. The van der Waals surface area contributed by atoms with Crippen LogP contribution in [0, 0.1) is 0 Å². The third kappa shape index (κ3) is 4.11. The quantitative estimate of drug-likeness (QED) is 0.754. The van der Waals surface area contributed by atoms with Crippen molar-refractivity contribution in [1.82, 2.24) is 10.2 Å². The summed E-state index contributed by atoms with van der Waals surface area (Å²) in [6.07, 6.45) is 0.198. The van der Waals surface area contributed by atoms with Crippen molar-refractivity contribution >= 4 is 29.6 Å². The molecule has 7 nitrogen and oxygen atoms in total. The normalized spacial score (nSPS) is 17.3. The maximum atomic E-state index is 12.5. The van der Waals surface area contributed by atoms with Crippen LogP contribution in [0.15, 0.2) is 35.5 Å². The first-order valence-corrected chi connectivity index (χ1v) is 8.08. The number of methoxy groups -OCH3 is 1. The summed E-state index contributed by atoms with van der Waals surface area (Å²) < 4.78 is 4.87. The molecular formula is C17H19ClN2O5. The van der Waals surface area contributed by atoms with Crippen molar-refractivity contribution in [3.8, 4) is 0 Å². The Morgan fingerprint density at radius 2 is 2.04 bits per heavy atom. The van der Waals surface area contributed by atoms with E-state index in [0.717, 1.165) is 0 Å². The minimum absolute atomic E-state index is 0.0709. The summed E-state index contributed by atoms with van der Waals surface area (Å²) in [5.74, 6) is -1.52. The van der Waals surface area contributed by atoms with Gasteiger partial charge in [0.25, 0.3) is 0 Å². The molecule has 1 atom stereocenters. The molecule has 0 bridgehead atoms. The molecule has 2 N–H and O–H groups in total. The number of esters is 1. The molecule has 0 radical (unpaired) electrons. The van der Waals surface area contributed by atoms with Crippen molar-refractivity contribution in [1.29, 1.82) is 0 Å². The molecule has 0 spiro atoms. The van der Waals surface area contributed by atoms with Gasteiger partial charge in [0, 0.05) is 23.7 Å². The first-order valence-electron chi connectivity index (χ1n) is 7.70. The third-order valence-electron chi connectivity index (χ3n) is 3.99. The number of rotatable bonds is 6. The van der Waals surface area contributed by atoms with Gasteiger partial charge in [-0.3, -0.25) is 9.69 Å². The highest BCUT2D eigenvalue weighted by Crippen LogP contribution is 2.34. The number of carboxylic acids is 1. The van der Waals surface area contributed by atoms with Crippen molar-refractivity contribution in [2.45, 2.75) is 25.8 Å². The lowest BCUT2D eigenvalue weighted by molar-refractivity contribution is -0.138. The fourth-order valence-electron chi connectivity index (χ4n) is 2.76. The number of carbonyl (C=O) groups is 3. The Hall–Kier alpha value is -2.54. The average molecular weight is 367 g/mol. The molecule has 134 valence electrons. The van der Waals surface area contributed by atoms with E-state index in [-0.39, 0.29) is 25.0 Å². The largest absolute Gasteiger partial charge is 0.481 e. The Labute approximate surface area is 150 Å². The van der Waals surface area contributed by atoms with Crippen molar-refractivity contribution in [3.63, 3.8) is 0 Å². The van der Waals surface area contributed by atoms with Crippen LogP contribution < -0.4 is 5.32 Å². The van der Waals surface area contributed by atoms with Crippen molar-refractivity contribution < 1.29 is 24.2 Å². The molecule has 0 unspecified atom stereocenters. The van der Waals surface area contributed by atoms with Gasteiger partial charge in [0.05, 0.1) is 18.7 Å². The van der Waals surface area contributed by atoms with E-state index in [4.69, 9.17) is 21.4 Å². The van der Waals surface area contributed by atoms with Crippen LogP contribution in [0.3, 0.4) is 0 Å². The number of carbonyl (C=O) groups excluding carboxylic acids is 2. The number of nitrogens with zero attached hydrogens (tertiary/aromatic N) is 1. The predicted octanol–water partition coefficient (Wildman–Crippen LogP) is 2.72. The van der Waals surface area contributed by atoms with Gasteiger partial charge in [-0.05, 0) is 25.0 Å². The smallest absolute Gasteiger partial charge is 0.337 e. The minimum atomic E-state index is -0.943. The Kier molecular flexibility index (Phi) is 6.03. The van der Waals surface area contributed by atoms with Gasteiger partial charge in [-0.15, -0.1) is 0 Å². The highest BCUT2D eigenvalue weighted by atomic mass is 35.5. The van der Waals surface area contributed by atoms with Crippen LogP contribution in [0.25, 0.3) is 0 Å². The molecule has 1 heterocycles. The second-order valence-electron chi connectivity index (χ2n) is 5.54. The van der Waals surface area contributed by atoms with E-state index in [9.17, 15) is 14.4 Å². The van der Waals surface area contributed by atoms with Crippen molar-refractivity contribution in [2.75, 3.05) is 13.7 Å². The number of amides is 2. The molecular weight excluding hydrogens is 348 g/mol. The Morgan fingerprint density at radius 1 is 1.36 bits per heavy atom. The zero-order valence-corrected chi connectivity index (χ0v) is 14.7. The van der Waals surface area contributed by atoms with Crippen LogP contribution in [0.4, 0.5) is 4.79 Å². The lowest BCUT2D eigenvalue weighted by Gasteiger charge is -2.35. The van der Waals surface area contributed by atoms with Crippen LogP contribution in [-0.4, -0.2) is 41.6 Å². The molecule has 0 saturated heterocycles. The summed E-state index contributed by atoms with van der Waals surface area (Å²) in [6, 6.07) is 5.76. The monoisotopic (exact) mass is 366 g/mol. The number of halogens is 1. The maximum absolute atomic E-state index is 12.5. The Bertz CT molecular complexity index is 732. The summed E-state index contributed by atoms with van der Waals surface area (Å²) >= 11 is 6.22. The Balaban J connectivity index is 2.41. The van der Waals surface area contributed by atoms with E-state index in [0.29, 0.717) is 16.3 Å². The summed E-state index contributed by atoms with van der Waals surface area (Å²) in [4.78, 5) is 36.8. The first kappa shape index (κ1) is 18.8. The highest BCUT2D eigenvalue weighted by molar-refractivity contribution is 6.31. The molecule has 0 aromatic heterocycles. The van der Waals surface area contributed by atoms with Crippen LogP contribution >= 0.6 is 11.6 Å². The molecule has 25 heavy (non-hydrogen) atoms. The standard InChI is InChI=1S/C17H19ClN2O5/c1-10-14(16(23)25-2)15(11-6-3-4-7-12(11)18)19-17(24)20(10)9-5-8-13(21)22/h3-4,6-7,15H,5,8-9H2,1-2H3,(H,19,24)(H,21,22)/t15-/m1/s1. The van der Waals surface area contributed by atoms with Gasteiger partial charge in [-0.2, -0.15) is 0 Å². The van der Waals surface area contributed by atoms with E-state index in [1.54, 1.807) is 31.2 Å². The van der Waals surface area contributed by atoms with Crippen molar-refractivity contribution in [3.05, 3.63) is 46.1 Å². The summed E-state index contributed by atoms with van der Waals surface area (Å²) in [6.45, 7) is 1.81. The van der Waals surface area contributed by atoms with E-state index in [1.807, 2.05) is 0 Å². The van der Waals surface area contributed by atoms with Crippen LogP contribution in [0.5, 0.6) is 0 Å². The van der Waals surface area contributed by atoms with Gasteiger partial charge in [0.15, 0.2) is 0 Å². The van der Waals surface area contributed by atoms with Gasteiger partial charge in [-0.1, -0.05) is 29.8 Å². The minimum Gasteiger partial charge on any atom is -0.481 e. The first-order chi connectivity index (χ1) is 11.9. The molecule has 1 aromatic carbocycles. The number of nitrogens with one attached hydrogen (secondary N) is 1. The average Bonchev–Trinajstić information content (AvgIpc) is 2.57. The SMILES string of the molecule is COC(=O)C1=C(C)N(CCCC(=O)O)C(=O)N[C@@H]1c1ccccc1Cl. The van der Waals surface area contributed by atoms with Crippen LogP contribution in [0.1, 0.15) is 31.4 Å². The number of ether oxygens (including phenoxy) is 1. The summed E-state index contributed by atoms with van der Waals surface area (Å²) in [7, 11) is 1.26. The van der Waals surface area contributed by atoms with Gasteiger partial charge < -0.3 is 15.2 Å². The van der Waals surface area contributed by atoms with Crippen molar-refractivity contribution in [2.24, 2.45) is 0 Å². The fraction of sp³-hybridized carbons (Fsp3) is 0.353. The molecule has 2 rings (SSSR count). The number of urea groups is 1. The molecule has 1 aromatic rings. The number of hydrogen-bond acceptors (Lipinski definition) is 4. The van der Waals surface area contributed by atoms with Gasteiger partial charge in [0.1, 0.15) is 0 Å². The summed E-state index contributed by atoms with van der Waals surface area (Å²) in [5, 5.41) is 11.9. The number of benzene rings is 1. The van der Waals surface area contributed by atoms with Gasteiger partial charge in [-0.25, -0.2) is 9.59 Å². The summed E-state index contributed by atoms with van der Waals surface area (Å²) in [5.41, 5.74) is 1.28. The van der Waals surface area contributed by atoms with Crippen LogP contribution in [-0.2, 0) is 14.3 Å². The predicted molar refractivity (Wildman–Crippen MR) is 91.0 cm³/mol. The number of hydrogen-bond donors (Lipinski definition) is 2. The second kappa shape index (κ2) is 8.02. The van der Waals surface area contributed by atoms with E-state index in [2.05, 4.69) is 5.32 Å². The molecule has 2 amide bonds. The number of aliphatic carboxylic acids is 1. The molecule has 1 aliphatic rings. The van der Waals surface area contributed by atoms with Crippen LogP contribution in [0.2, 0.25) is 5.02 Å². The maximum Gasteiger partial charge on any atom is 0.337 e. The van der Waals surface area contributed by atoms with E-state index < -0.39 is 24.0 Å². The molecule has 1 aliphatic heterocycles. The van der Waals surface area contributed by atoms with E-state index in [1.165, 1.54) is 12.0 Å². The Morgan fingerprint density at radius 3 is 2.64 bits per heavy atom. The van der Waals surface area contributed by atoms with E-state index >= 15 is 0 Å². The molecule has 8 heteroatoms. The molecule has 0 saturated carbocycles. The van der Waals surface area contributed by atoms with Gasteiger partial charge in [0.2, 0.25) is 0 Å². The fourth-order valence-corrected chi connectivity index (χ4v) is 3.00. The van der Waals surface area contributed by atoms with Gasteiger partial charge >= 0.3 is 18.0 Å². The zero-order chi connectivity index (χ0) is 18.6. The third-order valence-corrected chi connectivity index (χ3v) is 4.33. The zero-order valence-electron chi connectivity index (χ0n) is 13.9. The second-order valence-corrected chi connectivity index (χ2v) is 5.95. The molecule has 0 fully saturated rings. The number of carboxylic acid groups (broad SMARTS) is 1. The molecule has 0 aliphatic carbocycles. The number of allylic oxidation sites excluding steroid dienone is 1.